The zero-order valence-corrected chi connectivity index (χ0v) is 22.1. The molecule has 0 aliphatic rings. The number of amides is 2. The Kier molecular flexibility index (Phi) is 10.5. The average Bonchev–Trinajstić information content (AvgIpc) is 2.79. The van der Waals surface area contributed by atoms with Crippen LogP contribution >= 0.6 is 11.6 Å². The Morgan fingerprint density at radius 1 is 1.11 bits per heavy atom. The predicted octanol–water partition coefficient (Wildman–Crippen LogP) is 4.28. The Morgan fingerprint density at radius 2 is 1.77 bits per heavy atom. The van der Waals surface area contributed by atoms with E-state index in [2.05, 4.69) is 5.32 Å². The molecule has 35 heavy (non-hydrogen) atoms. The van der Waals surface area contributed by atoms with Gasteiger partial charge in [0.2, 0.25) is 21.8 Å². The minimum absolute atomic E-state index is 0.0305. The number of anilines is 1. The molecule has 0 bridgehead atoms. The third kappa shape index (κ3) is 8.21. The first-order valence-electron chi connectivity index (χ1n) is 11.5. The number of halogens is 2. The number of carbonyl (C=O) groups excluding carboxylic acids is 2. The molecule has 0 aliphatic heterocycles. The van der Waals surface area contributed by atoms with Crippen LogP contribution in [0.15, 0.2) is 42.5 Å². The molecule has 1 atom stereocenters. The lowest BCUT2D eigenvalue weighted by atomic mass is 10.1. The Balaban J connectivity index is 2.23. The summed E-state index contributed by atoms with van der Waals surface area (Å²) in [5.41, 5.74) is 1.89. The van der Waals surface area contributed by atoms with Crippen LogP contribution in [0.5, 0.6) is 0 Å². The standard InChI is InChI=1S/C25H33ClFN3O4S/c1-5-22(25(32)28-6-2)29(17-19-10-13-21(27)14-11-19)24(31)8-7-15-30(35(4,33)34)23-16-20(26)12-9-18(23)3/h9-14,16,22H,5-8,15,17H2,1-4H3,(H,28,32)/t22-/m0/s1. The van der Waals surface area contributed by atoms with Gasteiger partial charge in [-0.2, -0.15) is 0 Å². The van der Waals surface area contributed by atoms with Gasteiger partial charge in [0.1, 0.15) is 11.9 Å². The van der Waals surface area contributed by atoms with Crippen molar-refractivity contribution in [1.82, 2.24) is 10.2 Å². The molecule has 0 saturated carbocycles. The van der Waals surface area contributed by atoms with Crippen molar-refractivity contribution < 1.29 is 22.4 Å². The molecule has 0 aromatic heterocycles. The van der Waals surface area contributed by atoms with E-state index >= 15 is 0 Å². The van der Waals surface area contributed by atoms with Crippen LogP contribution in [0.1, 0.15) is 44.2 Å². The third-order valence-corrected chi connectivity index (χ3v) is 7.01. The highest BCUT2D eigenvalue weighted by Gasteiger charge is 2.28. The second-order valence-electron chi connectivity index (χ2n) is 8.34. The van der Waals surface area contributed by atoms with E-state index in [1.165, 1.54) is 21.3 Å². The maximum Gasteiger partial charge on any atom is 0.242 e. The van der Waals surface area contributed by atoms with Crippen LogP contribution in [0.4, 0.5) is 10.1 Å². The fourth-order valence-corrected chi connectivity index (χ4v) is 5.01. The maximum atomic E-state index is 13.4. The van der Waals surface area contributed by atoms with Gasteiger partial charge in [-0.15, -0.1) is 0 Å². The van der Waals surface area contributed by atoms with Gasteiger partial charge in [0, 0.05) is 31.1 Å². The summed E-state index contributed by atoms with van der Waals surface area (Å²) in [5.74, 6) is -0.943. The van der Waals surface area contributed by atoms with E-state index in [9.17, 15) is 22.4 Å². The van der Waals surface area contributed by atoms with Crippen LogP contribution in [-0.4, -0.2) is 50.5 Å². The van der Waals surface area contributed by atoms with Crippen molar-refractivity contribution in [3.8, 4) is 0 Å². The van der Waals surface area contributed by atoms with Crippen molar-refractivity contribution in [2.75, 3.05) is 23.7 Å². The van der Waals surface area contributed by atoms with Crippen molar-refractivity contribution in [3.05, 3.63) is 64.4 Å². The number of nitrogens with one attached hydrogen (secondary N) is 1. The highest BCUT2D eigenvalue weighted by Crippen LogP contribution is 2.27. The molecule has 10 heteroatoms. The Hall–Kier alpha value is -2.65. The molecule has 0 heterocycles. The van der Waals surface area contributed by atoms with Crippen LogP contribution in [0.25, 0.3) is 0 Å². The molecule has 0 spiro atoms. The molecule has 0 fully saturated rings. The van der Waals surface area contributed by atoms with Crippen molar-refractivity contribution in [2.45, 2.75) is 52.6 Å². The first kappa shape index (κ1) is 28.6. The van der Waals surface area contributed by atoms with E-state index in [0.29, 0.717) is 29.2 Å². The molecule has 2 rings (SSSR count). The number of aryl methyl sites for hydroxylation is 1. The molecule has 0 aliphatic carbocycles. The first-order valence-corrected chi connectivity index (χ1v) is 13.8. The van der Waals surface area contributed by atoms with Gasteiger partial charge in [0.05, 0.1) is 11.9 Å². The van der Waals surface area contributed by atoms with Crippen LogP contribution in [0.2, 0.25) is 5.02 Å². The van der Waals surface area contributed by atoms with Crippen molar-refractivity contribution in [2.24, 2.45) is 0 Å². The van der Waals surface area contributed by atoms with E-state index in [4.69, 9.17) is 11.6 Å². The number of rotatable bonds is 12. The van der Waals surface area contributed by atoms with Crippen LogP contribution in [-0.2, 0) is 26.2 Å². The fraction of sp³-hybridized carbons (Fsp3) is 0.440. The summed E-state index contributed by atoms with van der Waals surface area (Å²) in [7, 11) is -3.62. The van der Waals surface area contributed by atoms with Crippen molar-refractivity contribution >= 4 is 39.1 Å². The van der Waals surface area contributed by atoms with Gasteiger partial charge < -0.3 is 10.2 Å². The van der Waals surface area contributed by atoms with E-state index < -0.39 is 16.1 Å². The van der Waals surface area contributed by atoms with Gasteiger partial charge in [-0.3, -0.25) is 13.9 Å². The monoisotopic (exact) mass is 525 g/mol. The lowest BCUT2D eigenvalue weighted by molar-refractivity contribution is -0.141. The second-order valence-corrected chi connectivity index (χ2v) is 10.7. The zero-order valence-electron chi connectivity index (χ0n) is 20.6. The van der Waals surface area contributed by atoms with Crippen LogP contribution in [0.3, 0.4) is 0 Å². The third-order valence-electron chi connectivity index (χ3n) is 5.60. The molecule has 2 aromatic rings. The molecule has 1 N–H and O–H groups in total. The molecule has 0 unspecified atom stereocenters. The van der Waals surface area contributed by atoms with Gasteiger partial charge in [-0.25, -0.2) is 12.8 Å². The zero-order chi connectivity index (χ0) is 26.2. The number of hydrogen-bond donors (Lipinski definition) is 1. The van der Waals surface area contributed by atoms with E-state index in [1.807, 2.05) is 6.92 Å². The van der Waals surface area contributed by atoms with Gasteiger partial charge >= 0.3 is 0 Å². The van der Waals surface area contributed by atoms with Crippen molar-refractivity contribution in [3.63, 3.8) is 0 Å². The van der Waals surface area contributed by atoms with E-state index in [1.54, 1.807) is 44.2 Å². The molecule has 0 radical (unpaired) electrons. The quantitative estimate of drug-likeness (QED) is 0.448. The maximum absolute atomic E-state index is 13.4. The Labute approximate surface area is 212 Å². The topological polar surface area (TPSA) is 86.8 Å². The van der Waals surface area contributed by atoms with Crippen LogP contribution in [0, 0.1) is 12.7 Å². The highest BCUT2D eigenvalue weighted by atomic mass is 35.5. The number of hydrogen-bond acceptors (Lipinski definition) is 4. The number of sulfonamides is 1. The summed E-state index contributed by atoms with van der Waals surface area (Å²) in [6.45, 7) is 6.05. The minimum atomic E-state index is -3.62. The SMILES string of the molecule is CCNC(=O)[C@H](CC)N(Cc1ccc(F)cc1)C(=O)CCCN(c1cc(Cl)ccc1C)S(C)(=O)=O. The lowest BCUT2D eigenvalue weighted by Crippen LogP contribution is -2.49. The highest BCUT2D eigenvalue weighted by molar-refractivity contribution is 7.92. The van der Waals surface area contributed by atoms with Gasteiger partial charge in [-0.05, 0) is 62.1 Å². The normalized spacial score (nSPS) is 12.2. The Bertz CT molecular complexity index is 1130. The number of nitrogens with zero attached hydrogens (tertiary/aromatic N) is 2. The summed E-state index contributed by atoms with van der Waals surface area (Å²) in [4.78, 5) is 27.4. The lowest BCUT2D eigenvalue weighted by Gasteiger charge is -2.31. The molecular formula is C25H33ClFN3O4S. The smallest absolute Gasteiger partial charge is 0.242 e. The molecule has 192 valence electrons. The second kappa shape index (κ2) is 12.9. The summed E-state index contributed by atoms with van der Waals surface area (Å²) in [5, 5.41) is 3.17. The first-order chi connectivity index (χ1) is 16.5. The number of carbonyl (C=O) groups is 2. The summed E-state index contributed by atoms with van der Waals surface area (Å²) in [6, 6.07) is 10.1. The Morgan fingerprint density at radius 3 is 2.34 bits per heavy atom. The van der Waals surface area contributed by atoms with E-state index in [-0.39, 0.29) is 43.6 Å². The molecule has 0 saturated heterocycles. The predicted molar refractivity (Wildman–Crippen MR) is 137 cm³/mol. The van der Waals surface area contributed by atoms with Gasteiger partial charge in [-0.1, -0.05) is 36.7 Å². The van der Waals surface area contributed by atoms with Gasteiger partial charge in [0.15, 0.2) is 0 Å². The van der Waals surface area contributed by atoms with Crippen molar-refractivity contribution in [1.29, 1.82) is 0 Å². The summed E-state index contributed by atoms with van der Waals surface area (Å²) >= 11 is 6.09. The summed E-state index contributed by atoms with van der Waals surface area (Å²) in [6.07, 6.45) is 1.78. The molecular weight excluding hydrogens is 493 g/mol. The molecule has 7 nitrogen and oxygen atoms in total. The largest absolute Gasteiger partial charge is 0.355 e. The molecule has 2 aromatic carbocycles. The number of likely N-dealkylation sites (N-methyl/N-ethyl adjacent to an activating group) is 1. The van der Waals surface area contributed by atoms with Crippen LogP contribution < -0.4 is 9.62 Å². The molecule has 2 amide bonds. The van der Waals surface area contributed by atoms with E-state index in [0.717, 1.165) is 11.8 Å². The minimum Gasteiger partial charge on any atom is -0.355 e. The summed E-state index contributed by atoms with van der Waals surface area (Å²) < 4.78 is 39.6. The average molecular weight is 526 g/mol. The van der Waals surface area contributed by atoms with Gasteiger partial charge in [0.25, 0.3) is 0 Å². The fourth-order valence-electron chi connectivity index (χ4n) is 3.83. The number of benzene rings is 2.